The van der Waals surface area contributed by atoms with Gasteiger partial charge in [0.2, 0.25) is 0 Å². The second-order valence-corrected chi connectivity index (χ2v) is 3.99. The van der Waals surface area contributed by atoms with E-state index < -0.39 is 0 Å². The lowest BCUT2D eigenvalue weighted by atomic mass is 10.2. The number of methoxy groups -OCH3 is 1. The van der Waals surface area contributed by atoms with Crippen LogP contribution in [0.3, 0.4) is 0 Å². The Hall–Kier alpha value is -1.62. The maximum atomic E-state index is 10.8. The molecule has 0 bridgehead atoms. The molecule has 107 valence electrons. The summed E-state index contributed by atoms with van der Waals surface area (Å²) in [5, 5.41) is 0. The lowest BCUT2D eigenvalue weighted by molar-refractivity contribution is -0.138. The summed E-state index contributed by atoms with van der Waals surface area (Å²) in [6.07, 6.45) is 3.01. The minimum atomic E-state index is -0.375. The predicted molar refractivity (Wildman–Crippen MR) is 71.3 cm³/mol. The minimum absolute atomic E-state index is 0.172. The Kier molecular flexibility index (Phi) is 8.53. The smallest absolute Gasteiger partial charge is 0.333 e. The van der Waals surface area contributed by atoms with Gasteiger partial charge in [-0.3, -0.25) is 0 Å². The van der Waals surface area contributed by atoms with Gasteiger partial charge in [0.15, 0.2) is 0 Å². The van der Waals surface area contributed by atoms with Crippen molar-refractivity contribution in [1.29, 1.82) is 0 Å². The number of rotatable bonds is 5. The van der Waals surface area contributed by atoms with Crippen molar-refractivity contribution < 1.29 is 23.8 Å². The fourth-order valence-corrected chi connectivity index (χ4v) is 0.973. The summed E-state index contributed by atoms with van der Waals surface area (Å²) in [4.78, 5) is 21.2. The lowest BCUT2D eigenvalue weighted by Crippen LogP contribution is -2.03. The monoisotopic (exact) mass is 269 g/mol. The van der Waals surface area contributed by atoms with Crippen molar-refractivity contribution in [3.63, 3.8) is 0 Å². The molecule has 1 atom stereocenters. The zero-order chi connectivity index (χ0) is 14.8. The van der Waals surface area contributed by atoms with Crippen LogP contribution in [0.5, 0.6) is 0 Å². The number of hydrogen-bond acceptors (Lipinski definition) is 5. The first-order valence-electron chi connectivity index (χ1n) is 5.90. The lowest BCUT2D eigenvalue weighted by Gasteiger charge is -1.96. The summed E-state index contributed by atoms with van der Waals surface area (Å²) in [5.74, 6) is -0.634. The summed E-state index contributed by atoms with van der Waals surface area (Å²) >= 11 is 0. The van der Waals surface area contributed by atoms with E-state index >= 15 is 0 Å². The average Bonchev–Trinajstić information content (AvgIpc) is 3.20. The molecule has 5 heteroatoms. The maximum Gasteiger partial charge on any atom is 0.333 e. The number of carbonyl (C=O) groups excluding carboxylic acids is 2. The van der Waals surface area contributed by atoms with Gasteiger partial charge in [-0.25, -0.2) is 9.59 Å². The van der Waals surface area contributed by atoms with Crippen LogP contribution in [0, 0.1) is 6.92 Å². The Labute approximate surface area is 114 Å². The van der Waals surface area contributed by atoms with E-state index in [0.29, 0.717) is 17.3 Å². The first-order chi connectivity index (χ1) is 8.92. The summed E-state index contributed by atoms with van der Waals surface area (Å²) in [6.45, 7) is 11.0. The molecule has 19 heavy (non-hydrogen) atoms. The molecule has 1 fully saturated rings. The summed E-state index contributed by atoms with van der Waals surface area (Å²) < 4.78 is 13.9. The van der Waals surface area contributed by atoms with Gasteiger partial charge in [-0.1, -0.05) is 12.7 Å². The van der Waals surface area contributed by atoms with Crippen molar-refractivity contribution in [2.75, 3.05) is 20.3 Å². The number of ether oxygens (including phenoxy) is 3. The fourth-order valence-electron chi connectivity index (χ4n) is 0.973. The summed E-state index contributed by atoms with van der Waals surface area (Å²) in [7, 11) is 1.38. The summed E-state index contributed by atoms with van der Waals surface area (Å²) in [5.41, 5.74) is 1.07. The van der Waals surface area contributed by atoms with Crippen LogP contribution in [0.2, 0.25) is 0 Å². The van der Waals surface area contributed by atoms with Crippen molar-refractivity contribution >= 4 is 11.9 Å². The van der Waals surface area contributed by atoms with Crippen molar-refractivity contribution in [3.05, 3.63) is 30.7 Å². The quantitative estimate of drug-likeness (QED) is 0.433. The standard InChI is InChI=1S/C8H12O3.C6H9O2/c1-6(8(9)10-2)3-4-7-5-11-7;1-4-8-6(7)5(2)3/h3,7H,4-5H2,1-2H3;1-2,4H2,3H3. The highest BCUT2D eigenvalue weighted by Crippen LogP contribution is 2.14. The molecule has 1 aliphatic heterocycles. The molecular weight excluding hydrogens is 248 g/mol. The highest BCUT2D eigenvalue weighted by Gasteiger charge is 2.20. The number of carbonyl (C=O) groups is 2. The van der Waals surface area contributed by atoms with Crippen molar-refractivity contribution in [2.24, 2.45) is 0 Å². The van der Waals surface area contributed by atoms with Gasteiger partial charge in [0.05, 0.1) is 26.4 Å². The zero-order valence-electron chi connectivity index (χ0n) is 11.7. The Morgan fingerprint density at radius 2 is 1.95 bits per heavy atom. The van der Waals surface area contributed by atoms with Crippen molar-refractivity contribution in [3.8, 4) is 0 Å². The molecule has 0 aromatic carbocycles. The highest BCUT2D eigenvalue weighted by molar-refractivity contribution is 5.87. The first kappa shape index (κ1) is 17.4. The fraction of sp³-hybridized carbons (Fsp3) is 0.500. The molecule has 0 aliphatic carbocycles. The van der Waals surface area contributed by atoms with Crippen LogP contribution in [-0.4, -0.2) is 38.4 Å². The predicted octanol–water partition coefficient (Wildman–Crippen LogP) is 1.83. The number of hydrogen-bond donors (Lipinski definition) is 0. The first-order valence-corrected chi connectivity index (χ1v) is 5.90. The maximum absolute atomic E-state index is 10.8. The molecule has 0 amide bonds. The number of esters is 2. The van der Waals surface area contributed by atoms with Crippen molar-refractivity contribution in [2.45, 2.75) is 26.4 Å². The molecule has 5 nitrogen and oxygen atoms in total. The molecule has 0 aromatic rings. The molecule has 1 radical (unpaired) electrons. The Bertz CT molecular complexity index is 353. The molecule has 0 saturated carbocycles. The van der Waals surface area contributed by atoms with Crippen LogP contribution in [0.25, 0.3) is 0 Å². The molecular formula is C14H21O5. The van der Waals surface area contributed by atoms with Crippen LogP contribution >= 0.6 is 0 Å². The molecule has 1 saturated heterocycles. The van der Waals surface area contributed by atoms with Gasteiger partial charge in [0.1, 0.15) is 0 Å². The Morgan fingerprint density at radius 3 is 2.26 bits per heavy atom. The molecule has 0 N–H and O–H groups in total. The van der Waals surface area contributed by atoms with Gasteiger partial charge in [-0.05, 0) is 27.2 Å². The third kappa shape index (κ3) is 9.02. The van der Waals surface area contributed by atoms with Crippen molar-refractivity contribution in [1.82, 2.24) is 0 Å². The third-order valence-electron chi connectivity index (χ3n) is 2.18. The van der Waals surface area contributed by atoms with Crippen LogP contribution in [-0.2, 0) is 23.8 Å². The topological polar surface area (TPSA) is 65.1 Å². The second kappa shape index (κ2) is 9.33. The van der Waals surface area contributed by atoms with Crippen LogP contribution in [0.4, 0.5) is 0 Å². The van der Waals surface area contributed by atoms with Gasteiger partial charge in [0, 0.05) is 11.1 Å². The van der Waals surface area contributed by atoms with Crippen LogP contribution in [0.1, 0.15) is 20.3 Å². The van der Waals surface area contributed by atoms with Gasteiger partial charge >= 0.3 is 11.9 Å². The second-order valence-electron chi connectivity index (χ2n) is 3.99. The van der Waals surface area contributed by atoms with E-state index in [1.165, 1.54) is 7.11 Å². The third-order valence-corrected chi connectivity index (χ3v) is 2.18. The Morgan fingerprint density at radius 1 is 1.37 bits per heavy atom. The molecule has 1 rings (SSSR count). The van der Waals surface area contributed by atoms with E-state index in [2.05, 4.69) is 23.0 Å². The minimum Gasteiger partial charge on any atom is -0.466 e. The summed E-state index contributed by atoms with van der Waals surface area (Å²) in [6, 6.07) is 0. The largest absolute Gasteiger partial charge is 0.466 e. The van der Waals surface area contributed by atoms with E-state index in [1.807, 2.05) is 6.08 Å². The SMILES string of the molecule is COC(=O)C(C)=CCC1CO1.[CH2]COC(=O)C(=C)C. The van der Waals surface area contributed by atoms with Gasteiger partial charge in [-0.2, -0.15) is 0 Å². The normalized spacial score (nSPS) is 16.8. The van der Waals surface area contributed by atoms with E-state index in [4.69, 9.17) is 4.74 Å². The average molecular weight is 269 g/mol. The van der Waals surface area contributed by atoms with Crippen LogP contribution < -0.4 is 0 Å². The van der Waals surface area contributed by atoms with E-state index in [0.717, 1.165) is 13.0 Å². The molecule has 1 aliphatic rings. The zero-order valence-corrected chi connectivity index (χ0v) is 11.7. The molecule has 1 unspecified atom stereocenters. The number of epoxide rings is 1. The molecule has 0 spiro atoms. The highest BCUT2D eigenvalue weighted by atomic mass is 16.6. The Balaban J connectivity index is 0.000000362. The van der Waals surface area contributed by atoms with Gasteiger partial charge in [0.25, 0.3) is 0 Å². The van der Waals surface area contributed by atoms with E-state index in [9.17, 15) is 9.59 Å². The molecule has 1 heterocycles. The van der Waals surface area contributed by atoms with E-state index in [-0.39, 0.29) is 18.5 Å². The van der Waals surface area contributed by atoms with Gasteiger partial charge in [-0.15, -0.1) is 0 Å². The molecule has 0 aromatic heterocycles. The van der Waals surface area contributed by atoms with Crippen LogP contribution in [0.15, 0.2) is 23.8 Å². The van der Waals surface area contributed by atoms with E-state index in [1.54, 1.807) is 13.8 Å². The van der Waals surface area contributed by atoms with Gasteiger partial charge < -0.3 is 14.2 Å².